The number of ether oxygens (including phenoxy) is 2. The third-order valence-corrected chi connectivity index (χ3v) is 4.15. The molecule has 2 aliphatic rings. The maximum absolute atomic E-state index is 12.2. The van der Waals surface area contributed by atoms with Gasteiger partial charge in [-0.05, 0) is 0 Å². The van der Waals surface area contributed by atoms with Crippen molar-refractivity contribution in [3.05, 3.63) is 0 Å². The first-order chi connectivity index (χ1) is 8.72. The van der Waals surface area contributed by atoms with Crippen LogP contribution in [0.15, 0.2) is 0 Å². The predicted molar refractivity (Wildman–Crippen MR) is 67.2 cm³/mol. The first-order valence-corrected chi connectivity index (χ1v) is 7.13. The number of thioether (sulfide) groups is 1. The van der Waals surface area contributed by atoms with Crippen molar-refractivity contribution in [3.8, 4) is 0 Å². The summed E-state index contributed by atoms with van der Waals surface area (Å²) in [6.45, 7) is 3.24. The maximum Gasteiger partial charge on any atom is 0.329 e. The lowest BCUT2D eigenvalue weighted by molar-refractivity contribution is -0.151. The van der Waals surface area contributed by atoms with Gasteiger partial charge in [0.25, 0.3) is 0 Å². The summed E-state index contributed by atoms with van der Waals surface area (Å²) in [5.74, 6) is 0.873. The summed E-state index contributed by atoms with van der Waals surface area (Å²) in [5, 5.41) is 0. The van der Waals surface area contributed by atoms with E-state index in [1.54, 1.807) is 16.7 Å². The fraction of sp³-hybridized carbons (Fsp3) is 0.818. The van der Waals surface area contributed by atoms with Crippen LogP contribution in [0.2, 0.25) is 0 Å². The van der Waals surface area contributed by atoms with E-state index in [4.69, 9.17) is 9.47 Å². The van der Waals surface area contributed by atoms with Gasteiger partial charge in [0.1, 0.15) is 6.04 Å². The Balaban J connectivity index is 1.89. The third-order valence-electron chi connectivity index (χ3n) is 3.14. The van der Waals surface area contributed by atoms with Crippen molar-refractivity contribution < 1.29 is 19.1 Å². The fourth-order valence-electron chi connectivity index (χ4n) is 2.06. The summed E-state index contributed by atoms with van der Waals surface area (Å²) >= 11 is 1.59. The van der Waals surface area contributed by atoms with Gasteiger partial charge in [-0.25, -0.2) is 4.79 Å². The number of methoxy groups -OCH3 is 1. The molecule has 0 radical (unpaired) electrons. The lowest BCUT2D eigenvalue weighted by Crippen LogP contribution is -2.48. The van der Waals surface area contributed by atoms with Crippen molar-refractivity contribution in [2.75, 3.05) is 51.6 Å². The number of morpholine rings is 1. The Bertz CT molecular complexity index is 320. The number of carbonyl (C=O) groups excluding carboxylic acids is 2. The van der Waals surface area contributed by atoms with Gasteiger partial charge in [0.2, 0.25) is 5.91 Å². The minimum absolute atomic E-state index is 0.00250. The molecular formula is C11H18N2O4S. The van der Waals surface area contributed by atoms with Crippen molar-refractivity contribution in [1.82, 2.24) is 9.80 Å². The van der Waals surface area contributed by atoms with Crippen molar-refractivity contribution >= 4 is 23.6 Å². The Hall–Kier alpha value is -0.790. The molecule has 1 amide bonds. The van der Waals surface area contributed by atoms with Crippen molar-refractivity contribution in [1.29, 1.82) is 0 Å². The van der Waals surface area contributed by atoms with Crippen LogP contribution in [0.3, 0.4) is 0 Å². The average molecular weight is 274 g/mol. The van der Waals surface area contributed by atoms with Crippen LogP contribution in [-0.4, -0.2) is 79.3 Å². The minimum Gasteiger partial charge on any atom is -0.467 e. The molecule has 2 saturated heterocycles. The van der Waals surface area contributed by atoms with Crippen LogP contribution < -0.4 is 0 Å². The van der Waals surface area contributed by atoms with Crippen LogP contribution in [0.25, 0.3) is 0 Å². The molecule has 6 nitrogen and oxygen atoms in total. The number of nitrogens with zero attached hydrogens (tertiary/aromatic N) is 2. The van der Waals surface area contributed by atoms with Gasteiger partial charge in [0.05, 0.1) is 32.7 Å². The standard InChI is InChI=1S/C11H18N2O4S/c1-16-11(15)9-7-18-8-13(9)10(14)6-12-2-4-17-5-3-12/h9H,2-8H2,1H3/t9-/m1/s1. The highest BCUT2D eigenvalue weighted by Gasteiger charge is 2.35. The van der Waals surface area contributed by atoms with E-state index in [9.17, 15) is 9.59 Å². The van der Waals surface area contributed by atoms with Gasteiger partial charge in [-0.15, -0.1) is 11.8 Å². The van der Waals surface area contributed by atoms with Gasteiger partial charge in [0, 0.05) is 18.8 Å². The number of amides is 1. The van der Waals surface area contributed by atoms with E-state index in [1.165, 1.54) is 7.11 Å². The highest BCUT2D eigenvalue weighted by atomic mass is 32.2. The molecule has 0 aromatic heterocycles. The number of rotatable bonds is 3. The molecule has 2 heterocycles. The Morgan fingerprint density at radius 3 is 2.78 bits per heavy atom. The smallest absolute Gasteiger partial charge is 0.329 e. The molecule has 0 aromatic carbocycles. The molecule has 2 fully saturated rings. The molecule has 7 heteroatoms. The molecule has 18 heavy (non-hydrogen) atoms. The zero-order valence-corrected chi connectivity index (χ0v) is 11.3. The van der Waals surface area contributed by atoms with E-state index >= 15 is 0 Å². The number of esters is 1. The maximum atomic E-state index is 12.2. The molecule has 2 rings (SSSR count). The molecule has 2 aliphatic heterocycles. The molecule has 0 saturated carbocycles. The molecule has 0 bridgehead atoms. The summed E-state index contributed by atoms with van der Waals surface area (Å²) in [5.41, 5.74) is 0. The molecule has 0 aliphatic carbocycles. The first kappa shape index (κ1) is 13.6. The SMILES string of the molecule is COC(=O)[C@H]1CSCN1C(=O)CN1CCOCC1. The van der Waals surface area contributed by atoms with E-state index < -0.39 is 6.04 Å². The normalized spacial score (nSPS) is 25.2. The quantitative estimate of drug-likeness (QED) is 0.640. The van der Waals surface area contributed by atoms with Gasteiger partial charge < -0.3 is 14.4 Å². The molecule has 0 aromatic rings. The lowest BCUT2D eigenvalue weighted by Gasteiger charge is -2.29. The second-order valence-corrected chi connectivity index (χ2v) is 5.29. The van der Waals surface area contributed by atoms with Crippen LogP contribution in [-0.2, 0) is 19.1 Å². The Labute approximate surface area is 111 Å². The van der Waals surface area contributed by atoms with Crippen molar-refractivity contribution in [2.45, 2.75) is 6.04 Å². The van der Waals surface area contributed by atoms with Gasteiger partial charge in [0.15, 0.2) is 0 Å². The molecule has 0 unspecified atom stereocenters. The topological polar surface area (TPSA) is 59.1 Å². The molecule has 0 N–H and O–H groups in total. The fourth-order valence-corrected chi connectivity index (χ4v) is 3.23. The van der Waals surface area contributed by atoms with Gasteiger partial charge >= 0.3 is 5.97 Å². The summed E-state index contributed by atoms with van der Waals surface area (Å²) < 4.78 is 9.96. The lowest BCUT2D eigenvalue weighted by atomic mass is 10.3. The van der Waals surface area contributed by atoms with E-state index in [0.29, 0.717) is 31.4 Å². The van der Waals surface area contributed by atoms with Crippen LogP contribution >= 0.6 is 11.8 Å². The monoisotopic (exact) mass is 274 g/mol. The van der Waals surface area contributed by atoms with Crippen LogP contribution in [0, 0.1) is 0 Å². The molecular weight excluding hydrogens is 256 g/mol. The number of hydrogen-bond acceptors (Lipinski definition) is 6. The number of hydrogen-bond donors (Lipinski definition) is 0. The van der Waals surface area contributed by atoms with Gasteiger partial charge in [-0.1, -0.05) is 0 Å². The summed E-state index contributed by atoms with van der Waals surface area (Å²) in [6, 6.07) is -0.423. The highest BCUT2D eigenvalue weighted by molar-refractivity contribution is 7.99. The van der Waals surface area contributed by atoms with E-state index in [2.05, 4.69) is 4.90 Å². The molecule has 102 valence electrons. The summed E-state index contributed by atoms with van der Waals surface area (Å²) in [4.78, 5) is 27.4. The van der Waals surface area contributed by atoms with Gasteiger partial charge in [-0.3, -0.25) is 9.69 Å². The Kier molecular flexibility index (Phi) is 4.85. The number of carbonyl (C=O) groups is 2. The van der Waals surface area contributed by atoms with Crippen LogP contribution in [0.1, 0.15) is 0 Å². The second kappa shape index (κ2) is 6.40. The third kappa shape index (κ3) is 3.15. The minimum atomic E-state index is -0.423. The van der Waals surface area contributed by atoms with Gasteiger partial charge in [-0.2, -0.15) is 0 Å². The Morgan fingerprint density at radius 2 is 2.11 bits per heavy atom. The molecule has 1 atom stereocenters. The van der Waals surface area contributed by atoms with Crippen LogP contribution in [0.4, 0.5) is 0 Å². The van der Waals surface area contributed by atoms with Crippen molar-refractivity contribution in [2.24, 2.45) is 0 Å². The highest BCUT2D eigenvalue weighted by Crippen LogP contribution is 2.22. The van der Waals surface area contributed by atoms with Crippen molar-refractivity contribution in [3.63, 3.8) is 0 Å². The zero-order valence-electron chi connectivity index (χ0n) is 10.5. The first-order valence-electron chi connectivity index (χ1n) is 5.97. The van der Waals surface area contributed by atoms with E-state index in [0.717, 1.165) is 13.1 Å². The average Bonchev–Trinajstić information content (AvgIpc) is 2.88. The molecule has 0 spiro atoms. The second-order valence-electron chi connectivity index (χ2n) is 4.29. The summed E-state index contributed by atoms with van der Waals surface area (Å²) in [6.07, 6.45) is 0. The Morgan fingerprint density at radius 1 is 1.39 bits per heavy atom. The van der Waals surface area contributed by atoms with E-state index in [1.807, 2.05) is 0 Å². The zero-order chi connectivity index (χ0) is 13.0. The van der Waals surface area contributed by atoms with Crippen LogP contribution in [0.5, 0.6) is 0 Å². The largest absolute Gasteiger partial charge is 0.467 e. The van der Waals surface area contributed by atoms with E-state index in [-0.39, 0.29) is 11.9 Å². The predicted octanol–water partition coefficient (Wildman–Crippen LogP) is -0.607. The summed E-state index contributed by atoms with van der Waals surface area (Å²) in [7, 11) is 1.36.